The van der Waals surface area contributed by atoms with Crippen LogP contribution in [-0.4, -0.2) is 29.1 Å². The maximum atomic E-state index is 11.2. The average Bonchev–Trinajstić information content (AvgIpc) is 2.12. The number of amides is 1. The molecule has 82 valence electrons. The van der Waals surface area contributed by atoms with Crippen LogP contribution >= 0.6 is 0 Å². The number of carbonyl (C=O) groups excluding carboxylic acids is 1. The number of carboxylic acid groups (broad SMARTS) is 1. The molecule has 1 fully saturated rings. The second-order valence-corrected chi connectivity index (χ2v) is 3.63. The summed E-state index contributed by atoms with van der Waals surface area (Å²) in [5.74, 6) is -2.44. The number of carbonyl (C=O) groups is 2. The quantitative estimate of drug-likeness (QED) is 0.306. The van der Waals surface area contributed by atoms with Crippen molar-refractivity contribution in [2.24, 2.45) is 17.0 Å². The van der Waals surface area contributed by atoms with Crippen molar-refractivity contribution in [1.29, 1.82) is 0 Å². The van der Waals surface area contributed by atoms with Gasteiger partial charge < -0.3 is 10.4 Å². The molecule has 1 aliphatic heterocycles. The van der Waals surface area contributed by atoms with Crippen LogP contribution in [0.4, 0.5) is 0 Å². The van der Waals surface area contributed by atoms with Gasteiger partial charge in [0.1, 0.15) is 0 Å². The first-order valence-electron chi connectivity index (χ1n) is 4.56. The highest BCUT2D eigenvalue weighted by Crippen LogP contribution is 2.27. The molecule has 0 saturated carbocycles. The van der Waals surface area contributed by atoms with Crippen LogP contribution in [-0.2, 0) is 9.59 Å². The third kappa shape index (κ3) is 2.02. The lowest BCUT2D eigenvalue weighted by molar-refractivity contribution is -0.148. The predicted octanol–water partition coefficient (Wildman–Crippen LogP) is 0.520. The summed E-state index contributed by atoms with van der Waals surface area (Å²) in [6.07, 6.45) is 0. The van der Waals surface area contributed by atoms with E-state index >= 15 is 0 Å². The Hall–Kier alpha value is -1.75. The Morgan fingerprint density at radius 1 is 1.67 bits per heavy atom. The zero-order valence-corrected chi connectivity index (χ0v) is 8.41. The number of rotatable bonds is 4. The van der Waals surface area contributed by atoms with Gasteiger partial charge in [-0.2, -0.15) is 0 Å². The van der Waals surface area contributed by atoms with E-state index in [4.69, 9.17) is 10.6 Å². The molecule has 0 radical (unpaired) electrons. The van der Waals surface area contributed by atoms with Crippen molar-refractivity contribution in [3.8, 4) is 0 Å². The topological polar surface area (TPSA) is 115 Å². The molecule has 1 rings (SSSR count). The molecule has 0 aromatic heterocycles. The molecular weight excluding hydrogens is 200 g/mol. The average molecular weight is 212 g/mol. The molecule has 7 heteroatoms. The van der Waals surface area contributed by atoms with Crippen molar-refractivity contribution in [3.63, 3.8) is 0 Å². The van der Waals surface area contributed by atoms with Crippen molar-refractivity contribution in [2.75, 3.05) is 0 Å². The maximum absolute atomic E-state index is 11.2. The van der Waals surface area contributed by atoms with E-state index in [1.54, 1.807) is 6.92 Å². The van der Waals surface area contributed by atoms with Gasteiger partial charge in [-0.15, -0.1) is 0 Å². The Labute approximate surface area is 86.1 Å². The van der Waals surface area contributed by atoms with E-state index < -0.39 is 29.9 Å². The van der Waals surface area contributed by atoms with Gasteiger partial charge in [-0.05, 0) is 12.5 Å². The first kappa shape index (κ1) is 11.3. The molecule has 15 heavy (non-hydrogen) atoms. The third-order valence-electron chi connectivity index (χ3n) is 2.68. The molecule has 1 unspecified atom stereocenters. The summed E-state index contributed by atoms with van der Waals surface area (Å²) >= 11 is 0. The molecular formula is C8H12N4O3. The molecule has 7 nitrogen and oxygen atoms in total. The number of nitrogens with zero attached hydrogens (tertiary/aromatic N) is 3. The highest BCUT2D eigenvalue weighted by Gasteiger charge is 2.47. The largest absolute Gasteiger partial charge is 0.481 e. The van der Waals surface area contributed by atoms with Gasteiger partial charge in [-0.25, -0.2) is 0 Å². The molecule has 4 atom stereocenters. The highest BCUT2D eigenvalue weighted by atomic mass is 16.4. The number of aliphatic carboxylic acids is 1. The van der Waals surface area contributed by atoms with Gasteiger partial charge in [0.25, 0.3) is 0 Å². The number of carboxylic acids is 1. The summed E-state index contributed by atoms with van der Waals surface area (Å²) in [5.41, 5.74) is 8.24. The zero-order chi connectivity index (χ0) is 11.6. The second-order valence-electron chi connectivity index (χ2n) is 3.63. The van der Waals surface area contributed by atoms with E-state index in [2.05, 4.69) is 15.3 Å². The van der Waals surface area contributed by atoms with E-state index in [-0.39, 0.29) is 5.91 Å². The minimum Gasteiger partial charge on any atom is -0.481 e. The van der Waals surface area contributed by atoms with Crippen LogP contribution in [0.25, 0.3) is 10.4 Å². The van der Waals surface area contributed by atoms with Gasteiger partial charge in [0.15, 0.2) is 0 Å². The number of nitrogens with one attached hydrogen (secondary N) is 1. The lowest BCUT2D eigenvalue weighted by Crippen LogP contribution is -2.65. The molecule has 0 bridgehead atoms. The Kier molecular flexibility index (Phi) is 3.16. The Bertz CT molecular complexity index is 337. The Morgan fingerprint density at radius 2 is 2.27 bits per heavy atom. The summed E-state index contributed by atoms with van der Waals surface area (Å²) in [6, 6.07) is -0.967. The van der Waals surface area contributed by atoms with E-state index in [1.807, 2.05) is 0 Å². The first-order valence-corrected chi connectivity index (χ1v) is 4.56. The van der Waals surface area contributed by atoms with Crippen LogP contribution in [0.3, 0.4) is 0 Å². The number of β-lactam (4-membered cyclic amide) rings is 1. The third-order valence-corrected chi connectivity index (χ3v) is 2.68. The standard InChI is InChI=1S/C8H12N4O3/c1-3(8(14)15)6-5(7(13)10-6)4(2)11-12-9/h3-6H,1-2H3,(H,10,13)(H,14,15)/t3?,4-,5-,6-/m1/s1. The summed E-state index contributed by atoms with van der Waals surface area (Å²) in [5, 5.41) is 14.7. The molecule has 1 saturated heterocycles. The SMILES string of the molecule is CC(C(=O)O)[C@H]1NC(=O)[C@@H]1[C@@H](C)N=[N+]=[N-]. The Balaban J connectivity index is 2.74. The van der Waals surface area contributed by atoms with Crippen LogP contribution in [0.5, 0.6) is 0 Å². The van der Waals surface area contributed by atoms with Crippen LogP contribution in [0.15, 0.2) is 5.11 Å². The maximum Gasteiger partial charge on any atom is 0.308 e. The molecule has 0 spiro atoms. The van der Waals surface area contributed by atoms with Gasteiger partial charge in [0, 0.05) is 11.0 Å². The fourth-order valence-electron chi connectivity index (χ4n) is 1.68. The number of hydrogen-bond acceptors (Lipinski definition) is 3. The van der Waals surface area contributed by atoms with Crippen molar-refractivity contribution in [3.05, 3.63) is 10.4 Å². The van der Waals surface area contributed by atoms with Crippen molar-refractivity contribution in [1.82, 2.24) is 5.32 Å². The molecule has 1 heterocycles. The van der Waals surface area contributed by atoms with Crippen molar-refractivity contribution in [2.45, 2.75) is 25.9 Å². The summed E-state index contributed by atoms with van der Waals surface area (Å²) in [7, 11) is 0. The number of azide groups is 1. The summed E-state index contributed by atoms with van der Waals surface area (Å²) in [6.45, 7) is 3.12. The normalized spacial score (nSPS) is 28.0. The second kappa shape index (κ2) is 4.18. The Morgan fingerprint density at radius 3 is 2.67 bits per heavy atom. The minimum atomic E-state index is -0.974. The van der Waals surface area contributed by atoms with Crippen LogP contribution in [0.1, 0.15) is 13.8 Å². The van der Waals surface area contributed by atoms with E-state index in [1.165, 1.54) is 6.92 Å². The highest BCUT2D eigenvalue weighted by molar-refractivity contribution is 5.88. The van der Waals surface area contributed by atoms with E-state index in [0.29, 0.717) is 0 Å². The fourth-order valence-corrected chi connectivity index (χ4v) is 1.68. The monoisotopic (exact) mass is 212 g/mol. The van der Waals surface area contributed by atoms with Gasteiger partial charge in [0.05, 0.1) is 17.9 Å². The molecule has 1 aliphatic rings. The fraction of sp³-hybridized carbons (Fsp3) is 0.750. The number of hydrogen-bond donors (Lipinski definition) is 2. The summed E-state index contributed by atoms with van der Waals surface area (Å²) in [4.78, 5) is 24.5. The molecule has 0 aliphatic carbocycles. The molecule has 0 aromatic carbocycles. The van der Waals surface area contributed by atoms with Gasteiger partial charge >= 0.3 is 5.97 Å². The van der Waals surface area contributed by atoms with Gasteiger partial charge in [-0.3, -0.25) is 9.59 Å². The molecule has 0 aromatic rings. The summed E-state index contributed by atoms with van der Waals surface area (Å²) < 4.78 is 0. The van der Waals surface area contributed by atoms with Crippen molar-refractivity contribution < 1.29 is 14.7 Å². The smallest absolute Gasteiger partial charge is 0.308 e. The first-order chi connectivity index (χ1) is 6.99. The van der Waals surface area contributed by atoms with E-state index in [0.717, 1.165) is 0 Å². The minimum absolute atomic E-state index is 0.256. The van der Waals surface area contributed by atoms with Gasteiger partial charge in [0.2, 0.25) is 5.91 Å². The zero-order valence-electron chi connectivity index (χ0n) is 8.41. The predicted molar refractivity (Wildman–Crippen MR) is 50.8 cm³/mol. The molecule has 2 N–H and O–H groups in total. The van der Waals surface area contributed by atoms with Crippen LogP contribution in [0, 0.1) is 11.8 Å². The molecule has 1 amide bonds. The van der Waals surface area contributed by atoms with Crippen LogP contribution in [0.2, 0.25) is 0 Å². The van der Waals surface area contributed by atoms with Gasteiger partial charge in [-0.1, -0.05) is 12.0 Å². The van der Waals surface area contributed by atoms with Crippen molar-refractivity contribution >= 4 is 11.9 Å². The van der Waals surface area contributed by atoms with Crippen LogP contribution < -0.4 is 5.32 Å². The van der Waals surface area contributed by atoms with E-state index in [9.17, 15) is 9.59 Å². The lowest BCUT2D eigenvalue weighted by Gasteiger charge is -2.41. The lowest BCUT2D eigenvalue weighted by atomic mass is 9.78.